The summed E-state index contributed by atoms with van der Waals surface area (Å²) in [5, 5.41) is 8.91. The van der Waals surface area contributed by atoms with E-state index in [0.717, 1.165) is 5.56 Å². The average molecular weight is 251 g/mol. The highest BCUT2D eigenvalue weighted by molar-refractivity contribution is 5.92. The fourth-order valence-electron chi connectivity index (χ4n) is 1.62. The maximum Gasteiger partial charge on any atom is 0.345 e. The first-order valence-electron chi connectivity index (χ1n) is 5.75. The average Bonchev–Trinajstić information content (AvgIpc) is 2.26. The molecule has 0 bridgehead atoms. The van der Waals surface area contributed by atoms with Crippen molar-refractivity contribution in [3.05, 3.63) is 29.3 Å². The molecule has 5 heteroatoms. The van der Waals surface area contributed by atoms with Crippen molar-refractivity contribution in [2.24, 2.45) is 0 Å². The first-order chi connectivity index (χ1) is 8.43. The van der Waals surface area contributed by atoms with Gasteiger partial charge in [-0.05, 0) is 37.1 Å². The third kappa shape index (κ3) is 3.76. The van der Waals surface area contributed by atoms with Crippen LogP contribution in [0.5, 0.6) is 0 Å². The lowest BCUT2D eigenvalue weighted by Crippen LogP contribution is -2.27. The summed E-state index contributed by atoms with van der Waals surface area (Å²) in [6.45, 7) is 3.63. The molecule has 0 amide bonds. The first kappa shape index (κ1) is 14.0. The predicted octanol–water partition coefficient (Wildman–Crippen LogP) is 1.99. The van der Waals surface area contributed by atoms with Crippen LogP contribution in [0.1, 0.15) is 35.7 Å². The van der Waals surface area contributed by atoms with Crippen molar-refractivity contribution < 1.29 is 19.4 Å². The Morgan fingerprint density at radius 3 is 2.56 bits per heavy atom. The third-order valence-electron chi connectivity index (χ3n) is 2.41. The van der Waals surface area contributed by atoms with Crippen LogP contribution in [0.25, 0.3) is 0 Å². The van der Waals surface area contributed by atoms with Crippen LogP contribution < -0.4 is 5.73 Å². The second kappa shape index (κ2) is 6.05. The van der Waals surface area contributed by atoms with Crippen LogP contribution in [0.3, 0.4) is 0 Å². The molecule has 0 aliphatic carbocycles. The summed E-state index contributed by atoms with van der Waals surface area (Å²) in [5.74, 6) is -1.79. The van der Waals surface area contributed by atoms with Gasteiger partial charge >= 0.3 is 11.9 Å². The van der Waals surface area contributed by atoms with Crippen molar-refractivity contribution in [1.82, 2.24) is 0 Å². The van der Waals surface area contributed by atoms with Crippen LogP contribution in [-0.2, 0) is 9.53 Å². The molecule has 0 saturated carbocycles. The zero-order valence-electron chi connectivity index (χ0n) is 10.5. The van der Waals surface area contributed by atoms with E-state index in [1.165, 1.54) is 6.07 Å². The van der Waals surface area contributed by atoms with Gasteiger partial charge in [0.05, 0.1) is 5.56 Å². The summed E-state index contributed by atoms with van der Waals surface area (Å²) in [7, 11) is 0. The van der Waals surface area contributed by atoms with Gasteiger partial charge in [0.25, 0.3) is 0 Å². The lowest BCUT2D eigenvalue weighted by Gasteiger charge is -2.13. The highest BCUT2D eigenvalue weighted by Gasteiger charge is 2.22. The largest absolute Gasteiger partial charge is 0.479 e. The topological polar surface area (TPSA) is 89.6 Å². The number of esters is 1. The lowest BCUT2D eigenvalue weighted by atomic mass is 10.1. The van der Waals surface area contributed by atoms with E-state index in [1.54, 1.807) is 19.1 Å². The Bertz CT molecular complexity index is 436. The van der Waals surface area contributed by atoms with Gasteiger partial charge in [-0.25, -0.2) is 9.59 Å². The molecular weight excluding hydrogens is 234 g/mol. The molecule has 1 atom stereocenters. The molecule has 1 aromatic rings. The summed E-state index contributed by atoms with van der Waals surface area (Å²) in [6, 6.07) is 4.81. The van der Waals surface area contributed by atoms with E-state index in [1.807, 2.05) is 6.92 Å². The van der Waals surface area contributed by atoms with Gasteiger partial charge in [-0.2, -0.15) is 0 Å². The number of aliphatic carboxylic acids is 1. The number of hydrogen-bond acceptors (Lipinski definition) is 4. The number of benzene rings is 1. The summed E-state index contributed by atoms with van der Waals surface area (Å²) in [6.07, 6.45) is -0.188. The van der Waals surface area contributed by atoms with Crippen LogP contribution in [0.4, 0.5) is 5.69 Å². The Balaban J connectivity index is 2.83. The summed E-state index contributed by atoms with van der Waals surface area (Å²) in [5.41, 5.74) is 7.17. The van der Waals surface area contributed by atoms with Crippen LogP contribution in [0.2, 0.25) is 0 Å². The molecule has 0 aliphatic heterocycles. The quantitative estimate of drug-likeness (QED) is 0.617. The number of hydrogen-bond donors (Lipinski definition) is 2. The number of rotatable bonds is 5. The number of aryl methyl sites for hydroxylation is 1. The van der Waals surface area contributed by atoms with E-state index in [2.05, 4.69) is 0 Å². The smallest absolute Gasteiger partial charge is 0.345 e. The Morgan fingerprint density at radius 1 is 1.39 bits per heavy atom. The van der Waals surface area contributed by atoms with Crippen molar-refractivity contribution >= 4 is 17.6 Å². The van der Waals surface area contributed by atoms with Crippen molar-refractivity contribution in [1.29, 1.82) is 0 Å². The van der Waals surface area contributed by atoms with Gasteiger partial charge in [0.1, 0.15) is 0 Å². The summed E-state index contributed by atoms with van der Waals surface area (Å²) >= 11 is 0. The van der Waals surface area contributed by atoms with E-state index in [0.29, 0.717) is 18.5 Å². The maximum atomic E-state index is 11.8. The van der Waals surface area contributed by atoms with Gasteiger partial charge in [0, 0.05) is 5.69 Å². The molecule has 0 saturated heterocycles. The Labute approximate surface area is 106 Å². The minimum atomic E-state index is -1.13. The van der Waals surface area contributed by atoms with Gasteiger partial charge in [0.15, 0.2) is 6.10 Å². The predicted molar refractivity (Wildman–Crippen MR) is 67.3 cm³/mol. The molecule has 1 rings (SSSR count). The van der Waals surface area contributed by atoms with Crippen LogP contribution >= 0.6 is 0 Å². The molecule has 0 heterocycles. The molecule has 1 aromatic carbocycles. The Kier molecular flexibility index (Phi) is 4.71. The molecule has 5 nitrogen and oxygen atoms in total. The van der Waals surface area contributed by atoms with Crippen LogP contribution in [-0.4, -0.2) is 23.1 Å². The second-order valence-corrected chi connectivity index (χ2v) is 4.15. The highest BCUT2D eigenvalue weighted by atomic mass is 16.6. The molecule has 3 N–H and O–H groups in total. The molecule has 0 aliphatic rings. The van der Waals surface area contributed by atoms with Gasteiger partial charge in [-0.3, -0.25) is 0 Å². The third-order valence-corrected chi connectivity index (χ3v) is 2.41. The van der Waals surface area contributed by atoms with E-state index in [-0.39, 0.29) is 5.56 Å². The zero-order chi connectivity index (χ0) is 13.7. The standard InChI is InChI=1S/C13H17NO4/c1-3-4-11(12(15)16)18-13(17)9-5-8(2)6-10(14)7-9/h5-7,11H,3-4,14H2,1-2H3,(H,15,16). The van der Waals surface area contributed by atoms with E-state index < -0.39 is 18.0 Å². The summed E-state index contributed by atoms with van der Waals surface area (Å²) in [4.78, 5) is 22.7. The number of nitrogen functional groups attached to an aromatic ring is 1. The molecule has 1 unspecified atom stereocenters. The first-order valence-corrected chi connectivity index (χ1v) is 5.75. The molecule has 0 aromatic heterocycles. The zero-order valence-corrected chi connectivity index (χ0v) is 10.5. The monoisotopic (exact) mass is 251 g/mol. The maximum absolute atomic E-state index is 11.8. The molecular formula is C13H17NO4. The van der Waals surface area contributed by atoms with Gasteiger partial charge in [0.2, 0.25) is 0 Å². The second-order valence-electron chi connectivity index (χ2n) is 4.15. The number of anilines is 1. The normalized spacial score (nSPS) is 11.9. The number of carbonyl (C=O) groups is 2. The SMILES string of the molecule is CCCC(OC(=O)c1cc(C)cc(N)c1)C(=O)O. The Morgan fingerprint density at radius 2 is 2.06 bits per heavy atom. The molecule has 0 radical (unpaired) electrons. The fraction of sp³-hybridized carbons (Fsp3) is 0.385. The number of carboxylic acids is 1. The van der Waals surface area contributed by atoms with Gasteiger partial charge in [-0.1, -0.05) is 13.3 Å². The summed E-state index contributed by atoms with van der Waals surface area (Å²) < 4.78 is 4.95. The van der Waals surface area contributed by atoms with Crippen molar-refractivity contribution in [2.75, 3.05) is 5.73 Å². The van der Waals surface area contributed by atoms with Crippen molar-refractivity contribution in [3.63, 3.8) is 0 Å². The fourth-order valence-corrected chi connectivity index (χ4v) is 1.62. The molecule has 0 spiro atoms. The minimum absolute atomic E-state index is 0.273. The molecule has 18 heavy (non-hydrogen) atoms. The van der Waals surface area contributed by atoms with E-state index in [4.69, 9.17) is 15.6 Å². The molecule has 98 valence electrons. The number of ether oxygens (including phenoxy) is 1. The van der Waals surface area contributed by atoms with Crippen molar-refractivity contribution in [3.8, 4) is 0 Å². The van der Waals surface area contributed by atoms with Crippen LogP contribution in [0, 0.1) is 6.92 Å². The number of nitrogens with two attached hydrogens (primary N) is 1. The molecule has 0 fully saturated rings. The number of carboxylic acid groups (broad SMARTS) is 1. The van der Waals surface area contributed by atoms with Gasteiger partial charge in [-0.15, -0.1) is 0 Å². The van der Waals surface area contributed by atoms with Crippen molar-refractivity contribution in [2.45, 2.75) is 32.8 Å². The Hall–Kier alpha value is -2.04. The van der Waals surface area contributed by atoms with Crippen LogP contribution in [0.15, 0.2) is 18.2 Å². The van der Waals surface area contributed by atoms with E-state index in [9.17, 15) is 9.59 Å². The lowest BCUT2D eigenvalue weighted by molar-refractivity contribution is -0.147. The van der Waals surface area contributed by atoms with E-state index >= 15 is 0 Å². The highest BCUT2D eigenvalue weighted by Crippen LogP contribution is 2.14. The minimum Gasteiger partial charge on any atom is -0.479 e. The van der Waals surface area contributed by atoms with Gasteiger partial charge < -0.3 is 15.6 Å². The number of carbonyl (C=O) groups excluding carboxylic acids is 1.